The average molecular weight is 518 g/mol. The molecule has 0 aliphatic carbocycles. The van der Waals surface area contributed by atoms with Gasteiger partial charge in [0.25, 0.3) is 0 Å². The van der Waals surface area contributed by atoms with Crippen LogP contribution in [-0.2, 0) is 26.2 Å². The Morgan fingerprint density at radius 3 is 2.36 bits per heavy atom. The molecular weight excluding hydrogens is 492 g/mol. The summed E-state index contributed by atoms with van der Waals surface area (Å²) in [6.45, 7) is 2.97. The van der Waals surface area contributed by atoms with E-state index in [2.05, 4.69) is 5.32 Å². The first-order valence-corrected chi connectivity index (χ1v) is 12.8. The topological polar surface area (TPSA) is 86.8 Å². The predicted molar refractivity (Wildman–Crippen MR) is 128 cm³/mol. The molecule has 0 radical (unpaired) electrons. The molecule has 2 amide bonds. The van der Waals surface area contributed by atoms with E-state index in [4.69, 9.17) is 23.2 Å². The Hall–Kier alpha value is -2.36. The van der Waals surface area contributed by atoms with Crippen molar-refractivity contribution >= 4 is 50.7 Å². The van der Waals surface area contributed by atoms with Gasteiger partial charge in [0.05, 0.1) is 22.0 Å². The summed E-state index contributed by atoms with van der Waals surface area (Å²) in [6, 6.07) is 9.06. The van der Waals surface area contributed by atoms with Gasteiger partial charge in [-0.05, 0) is 37.6 Å². The zero-order valence-electron chi connectivity index (χ0n) is 18.5. The maximum atomic E-state index is 14.3. The van der Waals surface area contributed by atoms with Gasteiger partial charge in [0.2, 0.25) is 21.8 Å². The number of amides is 2. The highest BCUT2D eigenvalue weighted by Gasteiger charge is 2.30. The van der Waals surface area contributed by atoms with Gasteiger partial charge in [-0.15, -0.1) is 0 Å². The molecule has 1 N–H and O–H groups in total. The number of rotatable bonds is 10. The van der Waals surface area contributed by atoms with Gasteiger partial charge in [-0.2, -0.15) is 0 Å². The second-order valence-corrected chi connectivity index (χ2v) is 10.2. The van der Waals surface area contributed by atoms with E-state index in [0.29, 0.717) is 13.0 Å². The Bertz CT molecular complexity index is 1110. The van der Waals surface area contributed by atoms with Crippen molar-refractivity contribution in [3.63, 3.8) is 0 Å². The number of benzene rings is 2. The highest BCUT2D eigenvalue weighted by Crippen LogP contribution is 2.28. The molecule has 0 aliphatic rings. The van der Waals surface area contributed by atoms with Crippen LogP contribution in [0.3, 0.4) is 0 Å². The summed E-state index contributed by atoms with van der Waals surface area (Å²) >= 11 is 12.0. The van der Waals surface area contributed by atoms with Crippen LogP contribution < -0.4 is 9.62 Å². The standard InChI is InChI=1S/C22H26Cl2FN3O4S/c1-4-11-26-22(30)15(2)27(13-16-7-5-6-8-20(16)25)21(29)14-28(33(3,31)32)17-9-10-18(23)19(24)12-17/h5-10,12,15H,4,11,13-14H2,1-3H3,(H,26,30). The van der Waals surface area contributed by atoms with Crippen LogP contribution in [0.5, 0.6) is 0 Å². The van der Waals surface area contributed by atoms with Crippen molar-refractivity contribution in [1.29, 1.82) is 0 Å². The third-order valence-corrected chi connectivity index (χ3v) is 6.77. The first-order valence-electron chi connectivity index (χ1n) is 10.2. The Morgan fingerprint density at radius 2 is 1.79 bits per heavy atom. The SMILES string of the molecule is CCCNC(=O)C(C)N(Cc1ccccc1F)C(=O)CN(c1ccc(Cl)c(Cl)c1)S(C)(=O)=O. The smallest absolute Gasteiger partial charge is 0.244 e. The number of carbonyl (C=O) groups excluding carboxylic acids is 2. The van der Waals surface area contributed by atoms with Crippen LogP contribution in [0.1, 0.15) is 25.8 Å². The Morgan fingerprint density at radius 1 is 1.12 bits per heavy atom. The molecule has 0 fully saturated rings. The highest BCUT2D eigenvalue weighted by molar-refractivity contribution is 7.92. The molecule has 0 aromatic heterocycles. The van der Waals surface area contributed by atoms with Gasteiger partial charge in [-0.25, -0.2) is 12.8 Å². The summed E-state index contributed by atoms with van der Waals surface area (Å²) in [4.78, 5) is 27.1. The van der Waals surface area contributed by atoms with Gasteiger partial charge in [-0.3, -0.25) is 13.9 Å². The lowest BCUT2D eigenvalue weighted by Gasteiger charge is -2.31. The number of hydrogen-bond donors (Lipinski definition) is 1. The van der Waals surface area contributed by atoms with Crippen molar-refractivity contribution in [2.45, 2.75) is 32.9 Å². The summed E-state index contributed by atoms with van der Waals surface area (Å²) in [5.41, 5.74) is 0.329. The Kier molecular flexibility index (Phi) is 9.51. The maximum absolute atomic E-state index is 14.3. The average Bonchev–Trinajstić information content (AvgIpc) is 2.75. The number of anilines is 1. The third-order valence-electron chi connectivity index (χ3n) is 4.89. The molecule has 2 aromatic carbocycles. The van der Waals surface area contributed by atoms with E-state index in [-0.39, 0.29) is 27.8 Å². The van der Waals surface area contributed by atoms with Crippen LogP contribution in [0, 0.1) is 5.82 Å². The van der Waals surface area contributed by atoms with E-state index in [1.807, 2.05) is 6.92 Å². The number of sulfonamides is 1. The second kappa shape index (κ2) is 11.7. The number of halogens is 3. The van der Waals surface area contributed by atoms with Gasteiger partial charge < -0.3 is 10.2 Å². The molecule has 180 valence electrons. The molecular formula is C22H26Cl2FN3O4S. The van der Waals surface area contributed by atoms with Crippen molar-refractivity contribution in [3.05, 3.63) is 63.9 Å². The Balaban J connectivity index is 2.40. The maximum Gasteiger partial charge on any atom is 0.244 e. The van der Waals surface area contributed by atoms with Crippen molar-refractivity contribution < 1.29 is 22.4 Å². The lowest BCUT2D eigenvalue weighted by molar-refractivity contribution is -0.139. The van der Waals surface area contributed by atoms with E-state index in [1.54, 1.807) is 6.07 Å². The highest BCUT2D eigenvalue weighted by atomic mass is 35.5. The van der Waals surface area contributed by atoms with Gasteiger partial charge in [0, 0.05) is 18.7 Å². The molecule has 7 nitrogen and oxygen atoms in total. The van der Waals surface area contributed by atoms with E-state index in [9.17, 15) is 22.4 Å². The van der Waals surface area contributed by atoms with Gasteiger partial charge >= 0.3 is 0 Å². The molecule has 33 heavy (non-hydrogen) atoms. The van der Waals surface area contributed by atoms with Crippen molar-refractivity contribution in [1.82, 2.24) is 10.2 Å². The summed E-state index contributed by atoms with van der Waals surface area (Å²) < 4.78 is 40.1. The van der Waals surface area contributed by atoms with E-state index in [0.717, 1.165) is 15.5 Å². The van der Waals surface area contributed by atoms with Gasteiger partial charge in [-0.1, -0.05) is 48.3 Å². The monoisotopic (exact) mass is 517 g/mol. The quantitative estimate of drug-likeness (QED) is 0.518. The molecule has 2 aromatic rings. The first kappa shape index (κ1) is 26.9. The largest absolute Gasteiger partial charge is 0.354 e. The minimum absolute atomic E-state index is 0.116. The first-order chi connectivity index (χ1) is 15.5. The van der Waals surface area contributed by atoms with E-state index < -0.39 is 40.2 Å². The number of nitrogens with one attached hydrogen (secondary N) is 1. The minimum Gasteiger partial charge on any atom is -0.354 e. The van der Waals surface area contributed by atoms with Crippen LogP contribution in [0.15, 0.2) is 42.5 Å². The van der Waals surface area contributed by atoms with Crippen molar-refractivity contribution in [3.8, 4) is 0 Å². The molecule has 0 bridgehead atoms. The van der Waals surface area contributed by atoms with Gasteiger partial charge in [0.15, 0.2) is 0 Å². The van der Waals surface area contributed by atoms with Crippen LogP contribution >= 0.6 is 23.2 Å². The molecule has 2 rings (SSSR count). The van der Waals surface area contributed by atoms with Crippen LogP contribution in [-0.4, -0.2) is 50.5 Å². The zero-order valence-corrected chi connectivity index (χ0v) is 20.8. The van der Waals surface area contributed by atoms with Crippen molar-refractivity contribution in [2.75, 3.05) is 23.7 Å². The van der Waals surface area contributed by atoms with Crippen LogP contribution in [0.4, 0.5) is 10.1 Å². The molecule has 1 unspecified atom stereocenters. The second-order valence-electron chi connectivity index (χ2n) is 7.45. The molecule has 0 aliphatic heterocycles. The molecule has 0 saturated carbocycles. The fourth-order valence-electron chi connectivity index (χ4n) is 3.04. The fraction of sp³-hybridized carbons (Fsp3) is 0.364. The zero-order chi connectivity index (χ0) is 24.8. The van der Waals surface area contributed by atoms with Crippen LogP contribution in [0.25, 0.3) is 0 Å². The van der Waals surface area contributed by atoms with Crippen molar-refractivity contribution in [2.24, 2.45) is 0 Å². The molecule has 1 atom stereocenters. The fourth-order valence-corrected chi connectivity index (χ4v) is 4.18. The predicted octanol–water partition coefficient (Wildman–Crippen LogP) is 3.84. The normalized spacial score (nSPS) is 12.2. The molecule has 0 heterocycles. The molecule has 0 saturated heterocycles. The minimum atomic E-state index is -3.91. The number of carbonyl (C=O) groups is 2. The third kappa shape index (κ3) is 7.31. The summed E-state index contributed by atoms with van der Waals surface area (Å²) in [5, 5.41) is 3.05. The summed E-state index contributed by atoms with van der Waals surface area (Å²) in [7, 11) is -3.91. The molecule has 11 heteroatoms. The number of hydrogen-bond acceptors (Lipinski definition) is 4. The lowest BCUT2D eigenvalue weighted by atomic mass is 10.1. The lowest BCUT2D eigenvalue weighted by Crippen LogP contribution is -2.51. The number of nitrogens with zero attached hydrogens (tertiary/aromatic N) is 2. The van der Waals surface area contributed by atoms with E-state index >= 15 is 0 Å². The van der Waals surface area contributed by atoms with Crippen LogP contribution in [0.2, 0.25) is 10.0 Å². The van der Waals surface area contributed by atoms with Gasteiger partial charge in [0.1, 0.15) is 18.4 Å². The molecule has 0 spiro atoms. The Labute approximate surface area is 203 Å². The summed E-state index contributed by atoms with van der Waals surface area (Å²) in [5.74, 6) is -1.66. The summed E-state index contributed by atoms with van der Waals surface area (Å²) in [6.07, 6.45) is 1.64. The van der Waals surface area contributed by atoms with E-state index in [1.165, 1.54) is 43.3 Å².